The predicted molar refractivity (Wildman–Crippen MR) is 125 cm³/mol. The van der Waals surface area contributed by atoms with Crippen molar-refractivity contribution in [2.75, 3.05) is 5.32 Å². The molecule has 0 radical (unpaired) electrons. The van der Waals surface area contributed by atoms with Crippen molar-refractivity contribution in [3.63, 3.8) is 0 Å². The van der Waals surface area contributed by atoms with E-state index in [1.807, 2.05) is 49.4 Å². The van der Waals surface area contributed by atoms with Gasteiger partial charge in [-0.15, -0.1) is 0 Å². The highest BCUT2D eigenvalue weighted by molar-refractivity contribution is 5.91. The number of benzene rings is 2. The average molecular weight is 433 g/mol. The quantitative estimate of drug-likeness (QED) is 0.599. The maximum Gasteiger partial charge on any atom is 0.273 e. The topological polar surface area (TPSA) is 93.1 Å². The molecule has 7 heteroatoms. The molecule has 0 bridgehead atoms. The van der Waals surface area contributed by atoms with Crippen LogP contribution in [0.25, 0.3) is 11.0 Å². The summed E-state index contributed by atoms with van der Waals surface area (Å²) in [6.45, 7) is 1.85. The van der Waals surface area contributed by atoms with Gasteiger partial charge < -0.3 is 10.6 Å². The van der Waals surface area contributed by atoms with Crippen molar-refractivity contribution in [2.24, 2.45) is 0 Å². The Balaban J connectivity index is 1.52. The molecule has 2 N–H and O–H groups in total. The van der Waals surface area contributed by atoms with Crippen LogP contribution in [0.3, 0.4) is 0 Å². The molecule has 0 spiro atoms. The Morgan fingerprint density at radius 2 is 1.75 bits per heavy atom. The first kappa shape index (κ1) is 21.7. The van der Waals surface area contributed by atoms with Crippen LogP contribution in [0.2, 0.25) is 0 Å². The van der Waals surface area contributed by atoms with Crippen molar-refractivity contribution >= 4 is 28.5 Å². The SMILES string of the molecule is Cc1ccc(NC(=O)Cn2c(=O)c(CCC(=O)NC3CCCC3)nc3ccccc32)cc1. The molecule has 32 heavy (non-hydrogen) atoms. The number of para-hydroxylation sites is 2. The minimum atomic E-state index is -0.337. The maximum absolute atomic E-state index is 13.2. The van der Waals surface area contributed by atoms with Crippen LogP contribution in [0.5, 0.6) is 0 Å². The zero-order chi connectivity index (χ0) is 22.5. The smallest absolute Gasteiger partial charge is 0.273 e. The van der Waals surface area contributed by atoms with Gasteiger partial charge in [0.05, 0.1) is 11.0 Å². The maximum atomic E-state index is 13.2. The lowest BCUT2D eigenvalue weighted by Gasteiger charge is -2.14. The number of anilines is 1. The summed E-state index contributed by atoms with van der Waals surface area (Å²) in [4.78, 5) is 42.7. The predicted octanol–water partition coefficient (Wildman–Crippen LogP) is 3.34. The lowest BCUT2D eigenvalue weighted by Crippen LogP contribution is -2.34. The molecule has 1 aliphatic rings. The fourth-order valence-electron chi connectivity index (χ4n) is 4.15. The summed E-state index contributed by atoms with van der Waals surface area (Å²) in [5.74, 6) is -0.354. The number of nitrogens with one attached hydrogen (secondary N) is 2. The third kappa shape index (κ3) is 5.22. The first-order valence-corrected chi connectivity index (χ1v) is 11.1. The van der Waals surface area contributed by atoms with E-state index in [9.17, 15) is 14.4 Å². The number of fused-ring (bicyclic) bond motifs is 1. The second kappa shape index (κ2) is 9.77. The van der Waals surface area contributed by atoms with Gasteiger partial charge in [-0.05, 0) is 44.0 Å². The van der Waals surface area contributed by atoms with Gasteiger partial charge in [-0.25, -0.2) is 4.98 Å². The highest BCUT2D eigenvalue weighted by Gasteiger charge is 2.18. The number of aryl methyl sites for hydroxylation is 2. The van der Waals surface area contributed by atoms with Crippen molar-refractivity contribution in [3.8, 4) is 0 Å². The van der Waals surface area contributed by atoms with Crippen molar-refractivity contribution in [1.29, 1.82) is 0 Å². The van der Waals surface area contributed by atoms with Crippen molar-refractivity contribution < 1.29 is 9.59 Å². The van der Waals surface area contributed by atoms with E-state index in [4.69, 9.17) is 0 Å². The molecular formula is C25H28N4O3. The lowest BCUT2D eigenvalue weighted by molar-refractivity contribution is -0.121. The van der Waals surface area contributed by atoms with Crippen LogP contribution in [-0.4, -0.2) is 27.4 Å². The summed E-state index contributed by atoms with van der Waals surface area (Å²) >= 11 is 0. The second-order valence-electron chi connectivity index (χ2n) is 8.40. The summed E-state index contributed by atoms with van der Waals surface area (Å²) in [5, 5.41) is 5.88. The summed E-state index contributed by atoms with van der Waals surface area (Å²) in [6.07, 6.45) is 4.76. The largest absolute Gasteiger partial charge is 0.353 e. The number of carbonyl (C=O) groups excluding carboxylic acids is 2. The molecule has 1 aromatic heterocycles. The van der Waals surface area contributed by atoms with Gasteiger partial charge >= 0.3 is 0 Å². The molecule has 166 valence electrons. The van der Waals surface area contributed by atoms with Crippen LogP contribution >= 0.6 is 0 Å². The van der Waals surface area contributed by atoms with E-state index in [1.165, 1.54) is 4.57 Å². The van der Waals surface area contributed by atoms with Gasteiger partial charge in [0.15, 0.2) is 0 Å². The molecule has 3 aromatic rings. The number of amides is 2. The summed E-state index contributed by atoms with van der Waals surface area (Å²) in [5.41, 5.74) is 2.96. The van der Waals surface area contributed by atoms with E-state index < -0.39 is 0 Å². The first-order valence-electron chi connectivity index (χ1n) is 11.1. The minimum absolute atomic E-state index is 0.0603. The Kier molecular flexibility index (Phi) is 6.63. The normalized spacial score (nSPS) is 13.9. The number of rotatable bonds is 7. The van der Waals surface area contributed by atoms with E-state index in [1.54, 1.807) is 6.07 Å². The number of hydrogen-bond acceptors (Lipinski definition) is 4. The molecule has 0 unspecified atom stereocenters. The molecule has 1 aliphatic carbocycles. The summed E-state index contributed by atoms with van der Waals surface area (Å²) in [7, 11) is 0. The van der Waals surface area contributed by atoms with Gasteiger partial charge in [-0.1, -0.05) is 42.7 Å². The van der Waals surface area contributed by atoms with Crippen LogP contribution in [0.1, 0.15) is 43.4 Å². The Hall–Kier alpha value is -3.48. The van der Waals surface area contributed by atoms with E-state index in [-0.39, 0.29) is 42.8 Å². The van der Waals surface area contributed by atoms with Crippen molar-refractivity contribution in [3.05, 3.63) is 70.1 Å². The second-order valence-corrected chi connectivity index (χ2v) is 8.40. The monoisotopic (exact) mass is 432 g/mol. The van der Waals surface area contributed by atoms with E-state index in [0.717, 1.165) is 31.2 Å². The molecule has 0 saturated heterocycles. The highest BCUT2D eigenvalue weighted by Crippen LogP contribution is 2.18. The molecule has 1 saturated carbocycles. The van der Waals surface area contributed by atoms with Gasteiger partial charge in [0.1, 0.15) is 12.2 Å². The summed E-state index contributed by atoms with van der Waals surface area (Å²) < 4.78 is 1.44. The lowest BCUT2D eigenvalue weighted by atomic mass is 10.2. The fourth-order valence-corrected chi connectivity index (χ4v) is 4.15. The Bertz CT molecular complexity index is 1180. The molecule has 1 heterocycles. The molecule has 0 atom stereocenters. The molecule has 2 amide bonds. The summed E-state index contributed by atoms with van der Waals surface area (Å²) in [6, 6.07) is 15.0. The minimum Gasteiger partial charge on any atom is -0.353 e. The molecule has 4 rings (SSSR count). The third-order valence-corrected chi connectivity index (χ3v) is 5.87. The molecule has 2 aromatic carbocycles. The van der Waals surface area contributed by atoms with Crippen LogP contribution in [-0.2, 0) is 22.6 Å². The van der Waals surface area contributed by atoms with Crippen LogP contribution in [0, 0.1) is 6.92 Å². The van der Waals surface area contributed by atoms with Gasteiger partial charge in [-0.3, -0.25) is 19.0 Å². The van der Waals surface area contributed by atoms with Crippen LogP contribution in [0.4, 0.5) is 5.69 Å². The van der Waals surface area contributed by atoms with E-state index in [2.05, 4.69) is 15.6 Å². The van der Waals surface area contributed by atoms with E-state index in [0.29, 0.717) is 22.4 Å². The number of nitrogens with zero attached hydrogens (tertiary/aromatic N) is 2. The number of carbonyl (C=O) groups is 2. The Morgan fingerprint density at radius 1 is 1.03 bits per heavy atom. The number of aromatic nitrogens is 2. The van der Waals surface area contributed by atoms with Crippen LogP contribution < -0.4 is 16.2 Å². The van der Waals surface area contributed by atoms with Gasteiger partial charge in [-0.2, -0.15) is 0 Å². The number of hydrogen-bond donors (Lipinski definition) is 2. The zero-order valence-corrected chi connectivity index (χ0v) is 18.3. The van der Waals surface area contributed by atoms with Crippen LogP contribution in [0.15, 0.2) is 53.3 Å². The molecule has 0 aliphatic heterocycles. The van der Waals surface area contributed by atoms with Gasteiger partial charge in [0.25, 0.3) is 5.56 Å². The van der Waals surface area contributed by atoms with Gasteiger partial charge in [0, 0.05) is 24.6 Å². The third-order valence-electron chi connectivity index (χ3n) is 5.87. The Labute approximate surface area is 186 Å². The van der Waals surface area contributed by atoms with Crippen molar-refractivity contribution in [2.45, 2.75) is 58.0 Å². The van der Waals surface area contributed by atoms with Crippen molar-refractivity contribution in [1.82, 2.24) is 14.9 Å². The molecule has 7 nitrogen and oxygen atoms in total. The fraction of sp³-hybridized carbons (Fsp3) is 0.360. The molecule has 1 fully saturated rings. The highest BCUT2D eigenvalue weighted by atomic mass is 16.2. The Morgan fingerprint density at radius 3 is 2.50 bits per heavy atom. The zero-order valence-electron chi connectivity index (χ0n) is 18.3. The van der Waals surface area contributed by atoms with Gasteiger partial charge in [0.2, 0.25) is 11.8 Å². The van der Waals surface area contributed by atoms with E-state index >= 15 is 0 Å². The molecular weight excluding hydrogens is 404 g/mol. The average Bonchev–Trinajstić information content (AvgIpc) is 3.29. The standard InChI is InChI=1S/C25H28N4O3/c1-17-10-12-19(13-11-17)27-24(31)16-29-22-9-5-4-8-20(22)28-21(25(29)32)14-15-23(30)26-18-6-2-3-7-18/h4-5,8-13,18H,2-3,6-7,14-16H2,1H3,(H,26,30)(H,27,31). The first-order chi connectivity index (χ1) is 15.5.